The number of hydrogen-bond acceptors (Lipinski definition) is 2. The molecule has 4 heteroatoms. The third-order valence-electron chi connectivity index (χ3n) is 3.05. The Labute approximate surface area is 96.8 Å². The number of thiocarbonyl (C=S) groups is 1. The Morgan fingerprint density at radius 1 is 1.67 bits per heavy atom. The molecule has 0 saturated heterocycles. The number of nitrogens with one attached hydrogen (secondary N) is 1. The lowest BCUT2D eigenvalue weighted by Gasteiger charge is -2.14. The Morgan fingerprint density at radius 2 is 2.27 bits per heavy atom. The van der Waals surface area contributed by atoms with Gasteiger partial charge in [-0.1, -0.05) is 32.5 Å². The largest absolute Gasteiger partial charge is 0.393 e. The van der Waals surface area contributed by atoms with Crippen LogP contribution in [-0.4, -0.2) is 17.4 Å². The van der Waals surface area contributed by atoms with Crippen LogP contribution in [0.25, 0.3) is 0 Å². The molecule has 1 aliphatic carbocycles. The summed E-state index contributed by atoms with van der Waals surface area (Å²) in [6, 6.07) is 0. The minimum Gasteiger partial charge on any atom is -0.393 e. The molecule has 15 heavy (non-hydrogen) atoms. The molecular formula is C11H20N2OS. The van der Waals surface area contributed by atoms with E-state index < -0.39 is 0 Å². The molecule has 0 aromatic heterocycles. The predicted octanol–water partition coefficient (Wildman–Crippen LogP) is 1.46. The number of carbonyl (C=O) groups is 1. The minimum absolute atomic E-state index is 0.00319. The van der Waals surface area contributed by atoms with Crippen molar-refractivity contribution in [2.75, 3.05) is 6.54 Å². The third-order valence-corrected chi connectivity index (χ3v) is 3.34. The molecular weight excluding hydrogens is 208 g/mol. The fourth-order valence-corrected chi connectivity index (χ4v) is 1.95. The maximum absolute atomic E-state index is 11.7. The Hall–Kier alpha value is -0.640. The van der Waals surface area contributed by atoms with E-state index in [9.17, 15) is 4.79 Å². The van der Waals surface area contributed by atoms with E-state index in [4.69, 9.17) is 18.0 Å². The van der Waals surface area contributed by atoms with Crippen LogP contribution in [0.5, 0.6) is 0 Å². The SMILES string of the molecule is CCCC(C(=O)NCC1CC1C)C(N)=S. The van der Waals surface area contributed by atoms with E-state index in [1.54, 1.807) is 0 Å². The second-order valence-corrected chi connectivity index (χ2v) is 4.93. The van der Waals surface area contributed by atoms with Crippen LogP contribution in [0.3, 0.4) is 0 Å². The summed E-state index contributed by atoms with van der Waals surface area (Å²) in [5, 5.41) is 2.93. The van der Waals surface area contributed by atoms with Crippen molar-refractivity contribution in [2.45, 2.75) is 33.1 Å². The topological polar surface area (TPSA) is 55.1 Å². The first kappa shape index (κ1) is 12.4. The van der Waals surface area contributed by atoms with E-state index in [-0.39, 0.29) is 11.8 Å². The van der Waals surface area contributed by atoms with E-state index in [1.807, 2.05) is 6.92 Å². The molecule has 0 aromatic rings. The van der Waals surface area contributed by atoms with Gasteiger partial charge in [0.1, 0.15) is 0 Å². The highest BCUT2D eigenvalue weighted by atomic mass is 32.1. The molecule has 0 aliphatic heterocycles. The molecule has 1 fully saturated rings. The predicted molar refractivity (Wildman–Crippen MR) is 65.5 cm³/mol. The first-order valence-electron chi connectivity index (χ1n) is 5.63. The van der Waals surface area contributed by atoms with Gasteiger partial charge in [-0.05, 0) is 24.7 Å². The summed E-state index contributed by atoms with van der Waals surface area (Å²) in [5.74, 6) is 1.16. The van der Waals surface area contributed by atoms with Gasteiger partial charge in [-0.15, -0.1) is 0 Å². The van der Waals surface area contributed by atoms with E-state index in [1.165, 1.54) is 6.42 Å². The molecule has 0 bridgehead atoms. The van der Waals surface area contributed by atoms with Crippen LogP contribution in [0.1, 0.15) is 33.1 Å². The summed E-state index contributed by atoms with van der Waals surface area (Å²) < 4.78 is 0. The van der Waals surface area contributed by atoms with Crippen LogP contribution in [0.2, 0.25) is 0 Å². The van der Waals surface area contributed by atoms with Gasteiger partial charge in [0.25, 0.3) is 0 Å². The van der Waals surface area contributed by atoms with E-state index in [0.29, 0.717) is 10.9 Å². The zero-order chi connectivity index (χ0) is 11.4. The summed E-state index contributed by atoms with van der Waals surface area (Å²) in [5.41, 5.74) is 5.54. The molecule has 0 radical (unpaired) electrons. The van der Waals surface area contributed by atoms with Crippen LogP contribution in [0.4, 0.5) is 0 Å². The van der Waals surface area contributed by atoms with Crippen LogP contribution >= 0.6 is 12.2 Å². The Kier molecular flexibility index (Phi) is 4.51. The van der Waals surface area contributed by atoms with Crippen LogP contribution in [-0.2, 0) is 4.79 Å². The zero-order valence-corrected chi connectivity index (χ0v) is 10.3. The summed E-state index contributed by atoms with van der Waals surface area (Å²) in [4.78, 5) is 12.1. The maximum Gasteiger partial charge on any atom is 0.229 e. The van der Waals surface area contributed by atoms with Crippen molar-refractivity contribution in [3.05, 3.63) is 0 Å². The summed E-state index contributed by atoms with van der Waals surface area (Å²) in [7, 11) is 0. The second-order valence-electron chi connectivity index (χ2n) is 4.46. The van der Waals surface area contributed by atoms with Crippen LogP contribution < -0.4 is 11.1 Å². The van der Waals surface area contributed by atoms with Gasteiger partial charge in [-0.2, -0.15) is 0 Å². The van der Waals surface area contributed by atoms with Crippen molar-refractivity contribution in [1.29, 1.82) is 0 Å². The standard InChI is InChI=1S/C11H20N2OS/c1-3-4-9(10(12)15)11(14)13-6-8-5-7(8)2/h7-9H,3-6H2,1-2H3,(H2,12,15)(H,13,14). The molecule has 0 aromatic carbocycles. The molecule has 3 unspecified atom stereocenters. The molecule has 3 N–H and O–H groups in total. The number of rotatable bonds is 6. The van der Waals surface area contributed by atoms with Crippen molar-refractivity contribution >= 4 is 23.1 Å². The molecule has 3 atom stereocenters. The van der Waals surface area contributed by atoms with Gasteiger partial charge in [-0.3, -0.25) is 4.79 Å². The summed E-state index contributed by atoms with van der Waals surface area (Å²) in [6.07, 6.45) is 2.91. The Balaban J connectivity index is 2.31. The normalized spacial score (nSPS) is 25.7. The highest BCUT2D eigenvalue weighted by Crippen LogP contribution is 2.36. The van der Waals surface area contributed by atoms with Crippen molar-refractivity contribution < 1.29 is 4.79 Å². The van der Waals surface area contributed by atoms with Gasteiger partial charge in [0.15, 0.2) is 0 Å². The van der Waals surface area contributed by atoms with Gasteiger partial charge >= 0.3 is 0 Å². The lowest BCUT2D eigenvalue weighted by atomic mass is 10.0. The molecule has 1 amide bonds. The molecule has 3 nitrogen and oxygen atoms in total. The molecule has 1 saturated carbocycles. The Morgan fingerprint density at radius 3 is 2.67 bits per heavy atom. The van der Waals surface area contributed by atoms with Gasteiger partial charge in [0.05, 0.1) is 10.9 Å². The van der Waals surface area contributed by atoms with Gasteiger partial charge in [-0.25, -0.2) is 0 Å². The first-order valence-corrected chi connectivity index (χ1v) is 6.04. The monoisotopic (exact) mass is 228 g/mol. The first-order chi connectivity index (χ1) is 7.06. The zero-order valence-electron chi connectivity index (χ0n) is 9.45. The summed E-state index contributed by atoms with van der Waals surface area (Å²) >= 11 is 4.89. The van der Waals surface area contributed by atoms with Crippen molar-refractivity contribution in [3.63, 3.8) is 0 Å². The molecule has 0 heterocycles. The van der Waals surface area contributed by atoms with E-state index in [2.05, 4.69) is 12.2 Å². The fraction of sp³-hybridized carbons (Fsp3) is 0.818. The average molecular weight is 228 g/mol. The Bertz CT molecular complexity index is 255. The molecule has 1 aliphatic rings. The molecule has 0 spiro atoms. The van der Waals surface area contributed by atoms with Crippen LogP contribution in [0, 0.1) is 17.8 Å². The van der Waals surface area contributed by atoms with Crippen LogP contribution in [0.15, 0.2) is 0 Å². The lowest BCUT2D eigenvalue weighted by molar-refractivity contribution is -0.123. The average Bonchev–Trinajstić information content (AvgIpc) is 2.87. The van der Waals surface area contributed by atoms with Crippen molar-refractivity contribution in [1.82, 2.24) is 5.32 Å². The number of amides is 1. The molecule has 1 rings (SSSR count). The number of hydrogen-bond donors (Lipinski definition) is 2. The minimum atomic E-state index is -0.279. The lowest BCUT2D eigenvalue weighted by Crippen LogP contribution is -2.38. The number of nitrogens with two attached hydrogens (primary N) is 1. The third kappa shape index (κ3) is 3.78. The van der Waals surface area contributed by atoms with Gasteiger partial charge in [0.2, 0.25) is 5.91 Å². The second kappa shape index (κ2) is 5.45. The van der Waals surface area contributed by atoms with Crippen molar-refractivity contribution in [3.8, 4) is 0 Å². The smallest absolute Gasteiger partial charge is 0.229 e. The van der Waals surface area contributed by atoms with E-state index >= 15 is 0 Å². The maximum atomic E-state index is 11.7. The van der Waals surface area contributed by atoms with Gasteiger partial charge in [0, 0.05) is 6.54 Å². The quantitative estimate of drug-likeness (QED) is 0.677. The number of carbonyl (C=O) groups excluding carboxylic acids is 1. The molecule has 86 valence electrons. The fourth-order valence-electron chi connectivity index (χ4n) is 1.73. The highest BCUT2D eigenvalue weighted by Gasteiger charge is 2.33. The van der Waals surface area contributed by atoms with Crippen molar-refractivity contribution in [2.24, 2.45) is 23.5 Å². The van der Waals surface area contributed by atoms with E-state index in [0.717, 1.165) is 25.3 Å². The van der Waals surface area contributed by atoms with Gasteiger partial charge < -0.3 is 11.1 Å². The highest BCUT2D eigenvalue weighted by molar-refractivity contribution is 7.80. The summed E-state index contributed by atoms with van der Waals surface area (Å²) in [6.45, 7) is 5.01.